The summed E-state index contributed by atoms with van der Waals surface area (Å²) in [5.41, 5.74) is 8.48. The van der Waals surface area contributed by atoms with Crippen LogP contribution < -0.4 is 5.73 Å². The number of nitrogen functional groups attached to an aromatic ring is 1. The molecule has 9 heteroatoms. The highest BCUT2D eigenvalue weighted by Gasteiger charge is 2.44. The van der Waals surface area contributed by atoms with Crippen LogP contribution in [-0.4, -0.2) is 43.6 Å². The Morgan fingerprint density at radius 1 is 1.28 bits per heavy atom. The SMILES string of the molecule is N#CC=CC1CC1C(=O)N1CCCC(n2nc(-c3ccc(Cl)cc3)c3c(N)ncnc32)C1. The van der Waals surface area contributed by atoms with Gasteiger partial charge in [0.25, 0.3) is 0 Å². The number of halogens is 1. The highest BCUT2D eigenvalue weighted by atomic mass is 35.5. The van der Waals surface area contributed by atoms with Crippen molar-refractivity contribution in [2.75, 3.05) is 18.8 Å². The highest BCUT2D eigenvalue weighted by Crippen LogP contribution is 2.42. The Bertz CT molecular complexity index is 1240. The minimum absolute atomic E-state index is 0.00241. The zero-order chi connectivity index (χ0) is 22.2. The van der Waals surface area contributed by atoms with Crippen molar-refractivity contribution in [2.24, 2.45) is 11.8 Å². The fourth-order valence-electron chi connectivity index (χ4n) is 4.53. The number of nitriles is 1. The van der Waals surface area contributed by atoms with E-state index in [1.807, 2.05) is 46.0 Å². The Labute approximate surface area is 190 Å². The Hall–Kier alpha value is -3.44. The van der Waals surface area contributed by atoms with Gasteiger partial charge in [-0.25, -0.2) is 14.6 Å². The Kier molecular flexibility index (Phi) is 5.27. The second-order valence-electron chi connectivity index (χ2n) is 8.33. The molecule has 1 amide bonds. The topological polar surface area (TPSA) is 114 Å². The van der Waals surface area contributed by atoms with Crippen molar-refractivity contribution in [3.8, 4) is 17.3 Å². The van der Waals surface area contributed by atoms with E-state index in [1.165, 1.54) is 12.4 Å². The third-order valence-electron chi connectivity index (χ3n) is 6.26. The molecule has 2 N–H and O–H groups in total. The number of nitrogens with zero attached hydrogens (tertiary/aromatic N) is 6. The van der Waals surface area contributed by atoms with E-state index in [0.717, 1.165) is 31.4 Å². The maximum Gasteiger partial charge on any atom is 0.226 e. The first-order valence-corrected chi connectivity index (χ1v) is 11.0. The Balaban J connectivity index is 1.45. The fraction of sp³-hybridized carbons (Fsp3) is 0.348. The van der Waals surface area contributed by atoms with Gasteiger partial charge in [0, 0.05) is 35.7 Å². The molecule has 1 saturated carbocycles. The maximum atomic E-state index is 13.0. The predicted octanol–water partition coefficient (Wildman–Crippen LogP) is 3.61. The molecule has 2 fully saturated rings. The largest absolute Gasteiger partial charge is 0.383 e. The molecule has 0 bridgehead atoms. The van der Waals surface area contributed by atoms with Gasteiger partial charge in [0.1, 0.15) is 17.8 Å². The standard InChI is InChI=1S/C23H22ClN7O/c24-16-7-5-14(6-8-16)20-19-21(26)27-13-28-22(19)31(29-20)17-4-2-10-30(12-17)23(32)18-11-15(18)3-1-9-25/h1,3,5-8,13,15,17-18H,2,4,10-12H2,(H2,26,27,28). The number of carbonyl (C=O) groups excluding carboxylic acids is 1. The van der Waals surface area contributed by atoms with Crippen LogP contribution in [0.3, 0.4) is 0 Å². The third kappa shape index (κ3) is 3.69. The lowest BCUT2D eigenvalue weighted by Gasteiger charge is -2.33. The van der Waals surface area contributed by atoms with Gasteiger partial charge >= 0.3 is 0 Å². The van der Waals surface area contributed by atoms with Gasteiger partial charge in [0.05, 0.1) is 17.5 Å². The number of hydrogen-bond donors (Lipinski definition) is 1. The lowest BCUT2D eigenvalue weighted by atomic mass is 10.0. The van der Waals surface area contributed by atoms with Gasteiger partial charge < -0.3 is 10.6 Å². The molecule has 1 aliphatic heterocycles. The van der Waals surface area contributed by atoms with Crippen LogP contribution in [0.5, 0.6) is 0 Å². The first-order valence-electron chi connectivity index (χ1n) is 10.7. The monoisotopic (exact) mass is 447 g/mol. The number of nitrogens with two attached hydrogens (primary N) is 1. The van der Waals surface area contributed by atoms with Crippen LogP contribution in [0.2, 0.25) is 5.02 Å². The number of aromatic nitrogens is 4. The predicted molar refractivity (Wildman–Crippen MR) is 121 cm³/mol. The van der Waals surface area contributed by atoms with E-state index in [1.54, 1.807) is 0 Å². The third-order valence-corrected chi connectivity index (χ3v) is 6.52. The molecule has 162 valence electrons. The summed E-state index contributed by atoms with van der Waals surface area (Å²) in [6, 6.07) is 9.43. The first-order chi connectivity index (χ1) is 15.6. The number of allylic oxidation sites excluding steroid dienone is 2. The van der Waals surface area contributed by atoms with Crippen molar-refractivity contribution in [3.63, 3.8) is 0 Å². The first kappa shape index (κ1) is 20.5. The summed E-state index contributed by atoms with van der Waals surface area (Å²) in [5.74, 6) is 0.693. The molecule has 3 unspecified atom stereocenters. The summed E-state index contributed by atoms with van der Waals surface area (Å²) in [7, 11) is 0. The average molecular weight is 448 g/mol. The van der Waals surface area contributed by atoms with Crippen molar-refractivity contribution in [1.82, 2.24) is 24.6 Å². The molecule has 0 radical (unpaired) electrons. The summed E-state index contributed by atoms with van der Waals surface area (Å²) >= 11 is 6.06. The number of likely N-dealkylation sites (tertiary alicyclic amines) is 1. The van der Waals surface area contributed by atoms with Gasteiger partial charge in [-0.15, -0.1) is 0 Å². The number of anilines is 1. The summed E-state index contributed by atoms with van der Waals surface area (Å²) in [6.45, 7) is 1.31. The molecule has 3 heterocycles. The van der Waals surface area contributed by atoms with Gasteiger partial charge in [0.15, 0.2) is 5.65 Å². The molecule has 3 atom stereocenters. The number of fused-ring (bicyclic) bond motifs is 1. The molecular weight excluding hydrogens is 426 g/mol. The van der Waals surface area contributed by atoms with Crippen LogP contribution >= 0.6 is 11.6 Å². The van der Waals surface area contributed by atoms with Crippen LogP contribution in [0, 0.1) is 23.2 Å². The van der Waals surface area contributed by atoms with Gasteiger partial charge in [0.2, 0.25) is 5.91 Å². The number of rotatable bonds is 4. The lowest BCUT2D eigenvalue weighted by Crippen LogP contribution is -2.42. The van der Waals surface area contributed by atoms with E-state index in [0.29, 0.717) is 34.1 Å². The molecular formula is C23H22ClN7O. The van der Waals surface area contributed by atoms with E-state index < -0.39 is 0 Å². The molecule has 2 aromatic heterocycles. The summed E-state index contributed by atoms with van der Waals surface area (Å²) in [6.07, 6.45) is 7.35. The molecule has 1 aromatic carbocycles. The lowest BCUT2D eigenvalue weighted by molar-refractivity contribution is -0.134. The zero-order valence-corrected chi connectivity index (χ0v) is 18.1. The number of hydrogen-bond acceptors (Lipinski definition) is 6. The highest BCUT2D eigenvalue weighted by molar-refractivity contribution is 6.30. The van der Waals surface area contributed by atoms with E-state index >= 15 is 0 Å². The van der Waals surface area contributed by atoms with Gasteiger partial charge in [-0.2, -0.15) is 10.4 Å². The van der Waals surface area contributed by atoms with Crippen LogP contribution in [0.25, 0.3) is 22.3 Å². The molecule has 1 saturated heterocycles. The van der Waals surface area contributed by atoms with Crippen LogP contribution in [-0.2, 0) is 4.79 Å². The molecule has 3 aromatic rings. The molecule has 2 aliphatic rings. The average Bonchev–Trinajstić information content (AvgIpc) is 3.48. The second kappa shape index (κ2) is 8.24. The van der Waals surface area contributed by atoms with Crippen molar-refractivity contribution in [3.05, 3.63) is 47.8 Å². The van der Waals surface area contributed by atoms with Crippen LogP contribution in [0.1, 0.15) is 25.3 Å². The fourth-order valence-corrected chi connectivity index (χ4v) is 4.65. The van der Waals surface area contributed by atoms with E-state index in [4.69, 9.17) is 27.7 Å². The van der Waals surface area contributed by atoms with Crippen molar-refractivity contribution in [2.45, 2.75) is 25.3 Å². The molecule has 0 spiro atoms. The van der Waals surface area contributed by atoms with Gasteiger partial charge in [-0.1, -0.05) is 29.8 Å². The van der Waals surface area contributed by atoms with Crippen LogP contribution in [0.15, 0.2) is 42.7 Å². The molecule has 8 nitrogen and oxygen atoms in total. The summed E-state index contributed by atoms with van der Waals surface area (Å²) in [5, 5.41) is 15.0. The van der Waals surface area contributed by atoms with E-state index in [2.05, 4.69) is 9.97 Å². The number of carbonyl (C=O) groups is 1. The maximum absolute atomic E-state index is 13.0. The van der Waals surface area contributed by atoms with Crippen LogP contribution in [0.4, 0.5) is 5.82 Å². The minimum Gasteiger partial charge on any atom is -0.383 e. The molecule has 5 rings (SSSR count). The summed E-state index contributed by atoms with van der Waals surface area (Å²) in [4.78, 5) is 23.6. The second-order valence-corrected chi connectivity index (χ2v) is 8.77. The number of piperidine rings is 1. The zero-order valence-electron chi connectivity index (χ0n) is 17.4. The minimum atomic E-state index is -0.0182. The molecule has 32 heavy (non-hydrogen) atoms. The van der Waals surface area contributed by atoms with Gasteiger partial charge in [-0.05, 0) is 37.3 Å². The quantitative estimate of drug-likeness (QED) is 0.611. The normalized spacial score (nSPS) is 22.9. The number of benzene rings is 1. The Morgan fingerprint density at radius 2 is 2.09 bits per heavy atom. The smallest absolute Gasteiger partial charge is 0.226 e. The molecule has 1 aliphatic carbocycles. The van der Waals surface area contributed by atoms with E-state index in [-0.39, 0.29) is 23.8 Å². The summed E-state index contributed by atoms with van der Waals surface area (Å²) < 4.78 is 1.90. The van der Waals surface area contributed by atoms with Crippen molar-refractivity contribution < 1.29 is 4.79 Å². The van der Waals surface area contributed by atoms with Crippen molar-refractivity contribution in [1.29, 1.82) is 5.26 Å². The van der Waals surface area contributed by atoms with E-state index in [9.17, 15) is 4.79 Å². The Morgan fingerprint density at radius 3 is 2.88 bits per heavy atom. The van der Waals surface area contributed by atoms with Gasteiger partial charge in [-0.3, -0.25) is 4.79 Å². The van der Waals surface area contributed by atoms with Crippen molar-refractivity contribution >= 4 is 34.4 Å². The number of amides is 1.